The molecule has 0 saturated carbocycles. The van der Waals surface area contributed by atoms with Crippen molar-refractivity contribution in [1.82, 2.24) is 5.32 Å². The van der Waals surface area contributed by atoms with Gasteiger partial charge in [0, 0.05) is 10.9 Å². The summed E-state index contributed by atoms with van der Waals surface area (Å²) >= 11 is 3.48. The van der Waals surface area contributed by atoms with Crippen molar-refractivity contribution in [2.24, 2.45) is 0 Å². The van der Waals surface area contributed by atoms with E-state index in [9.17, 15) is 0 Å². The molecule has 0 heterocycles. The first-order chi connectivity index (χ1) is 6.34. The minimum Gasteiger partial charge on any atom is -0.309 e. The fourth-order valence-corrected chi connectivity index (χ4v) is 1.38. The maximum Gasteiger partial charge on any atom is 0.0574 e. The Morgan fingerprint density at radius 1 is 1.31 bits per heavy atom. The van der Waals surface area contributed by atoms with E-state index in [-0.39, 0.29) is 0 Å². The molecule has 0 aliphatic carbocycles. The summed E-state index contributed by atoms with van der Waals surface area (Å²) < 4.78 is 1.13. The zero-order chi connectivity index (χ0) is 9.52. The molecule has 0 fully saturated rings. The minimum atomic E-state index is 0.754. The maximum absolute atomic E-state index is 3.48. The molecule has 0 atom stereocenters. The van der Waals surface area contributed by atoms with Gasteiger partial charge in [0.05, 0.1) is 6.54 Å². The van der Waals surface area contributed by atoms with Crippen molar-refractivity contribution in [2.45, 2.75) is 6.42 Å². The molecule has 0 aliphatic rings. The van der Waals surface area contributed by atoms with E-state index >= 15 is 0 Å². The molecule has 0 bridgehead atoms. The summed E-state index contributed by atoms with van der Waals surface area (Å²) in [5.41, 5.74) is 1.24. The SMILES string of the molecule is CNCC#CCc1ccccc1Br. The summed E-state index contributed by atoms with van der Waals surface area (Å²) in [7, 11) is 1.90. The molecular formula is C11H12BrN. The van der Waals surface area contributed by atoms with E-state index in [0.29, 0.717) is 0 Å². The van der Waals surface area contributed by atoms with E-state index < -0.39 is 0 Å². The van der Waals surface area contributed by atoms with E-state index in [1.54, 1.807) is 0 Å². The summed E-state index contributed by atoms with van der Waals surface area (Å²) in [6.45, 7) is 0.754. The van der Waals surface area contributed by atoms with Gasteiger partial charge in [-0.15, -0.1) is 0 Å². The average molecular weight is 238 g/mol. The van der Waals surface area contributed by atoms with Crippen LogP contribution in [0.5, 0.6) is 0 Å². The lowest BCUT2D eigenvalue weighted by molar-refractivity contribution is 0.937. The standard InChI is InChI=1S/C11H12BrN/c1-13-9-5-4-7-10-6-2-3-8-11(10)12/h2-3,6,8,13H,7,9H2,1H3. The Kier molecular flexibility index (Phi) is 4.59. The predicted octanol–water partition coefficient (Wildman–Crippen LogP) is 2.21. The van der Waals surface area contributed by atoms with Crippen LogP contribution in [0, 0.1) is 11.8 Å². The Hall–Kier alpha value is -0.780. The molecule has 0 amide bonds. The summed E-state index contributed by atoms with van der Waals surface area (Å²) in [6.07, 6.45) is 0.809. The van der Waals surface area contributed by atoms with Gasteiger partial charge in [-0.05, 0) is 18.7 Å². The molecule has 1 aromatic rings. The molecule has 1 rings (SSSR count). The summed E-state index contributed by atoms with van der Waals surface area (Å²) in [5.74, 6) is 6.13. The van der Waals surface area contributed by atoms with Crippen LogP contribution in [0.25, 0.3) is 0 Å². The van der Waals surface area contributed by atoms with Gasteiger partial charge >= 0.3 is 0 Å². The summed E-state index contributed by atoms with van der Waals surface area (Å²) in [6, 6.07) is 8.15. The van der Waals surface area contributed by atoms with Gasteiger partial charge in [-0.25, -0.2) is 0 Å². The molecule has 0 aliphatic heterocycles. The van der Waals surface area contributed by atoms with Crippen molar-refractivity contribution in [1.29, 1.82) is 0 Å². The van der Waals surface area contributed by atoms with Gasteiger partial charge in [0.2, 0.25) is 0 Å². The second-order valence-corrected chi connectivity index (χ2v) is 3.51. The van der Waals surface area contributed by atoms with Crippen LogP contribution in [0.2, 0.25) is 0 Å². The van der Waals surface area contributed by atoms with Crippen LogP contribution >= 0.6 is 15.9 Å². The summed E-state index contributed by atoms with van der Waals surface area (Å²) in [4.78, 5) is 0. The molecule has 13 heavy (non-hydrogen) atoms. The Morgan fingerprint density at radius 2 is 2.08 bits per heavy atom. The summed E-state index contributed by atoms with van der Waals surface area (Å²) in [5, 5.41) is 2.98. The fourth-order valence-electron chi connectivity index (χ4n) is 0.950. The monoisotopic (exact) mass is 237 g/mol. The lowest BCUT2D eigenvalue weighted by Crippen LogP contribution is -2.04. The Bertz CT molecular complexity index is 322. The van der Waals surface area contributed by atoms with Crippen LogP contribution < -0.4 is 5.32 Å². The fraction of sp³-hybridized carbons (Fsp3) is 0.273. The molecule has 1 nitrogen and oxygen atoms in total. The van der Waals surface area contributed by atoms with Crippen LogP contribution in [-0.4, -0.2) is 13.6 Å². The van der Waals surface area contributed by atoms with E-state index in [0.717, 1.165) is 17.4 Å². The normalized spacial score (nSPS) is 9.08. The van der Waals surface area contributed by atoms with Crippen molar-refractivity contribution in [2.75, 3.05) is 13.6 Å². The Balaban J connectivity index is 2.56. The zero-order valence-corrected chi connectivity index (χ0v) is 9.19. The van der Waals surface area contributed by atoms with Crippen molar-refractivity contribution < 1.29 is 0 Å². The van der Waals surface area contributed by atoms with Crippen molar-refractivity contribution in [3.05, 3.63) is 34.3 Å². The number of benzene rings is 1. The number of hydrogen-bond acceptors (Lipinski definition) is 1. The van der Waals surface area contributed by atoms with Gasteiger partial charge in [-0.2, -0.15) is 0 Å². The van der Waals surface area contributed by atoms with Crippen molar-refractivity contribution in [3.63, 3.8) is 0 Å². The molecule has 1 aromatic carbocycles. The maximum atomic E-state index is 3.48. The highest BCUT2D eigenvalue weighted by Crippen LogP contribution is 2.15. The average Bonchev–Trinajstić information content (AvgIpc) is 2.15. The van der Waals surface area contributed by atoms with E-state index in [4.69, 9.17) is 0 Å². The highest BCUT2D eigenvalue weighted by atomic mass is 79.9. The zero-order valence-electron chi connectivity index (χ0n) is 7.60. The number of hydrogen-bond donors (Lipinski definition) is 1. The molecule has 68 valence electrons. The highest BCUT2D eigenvalue weighted by molar-refractivity contribution is 9.10. The lowest BCUT2D eigenvalue weighted by atomic mass is 10.2. The first-order valence-corrected chi connectivity index (χ1v) is 4.97. The largest absolute Gasteiger partial charge is 0.309 e. The van der Waals surface area contributed by atoms with Gasteiger partial charge < -0.3 is 5.32 Å². The van der Waals surface area contributed by atoms with Crippen LogP contribution in [0.3, 0.4) is 0 Å². The van der Waals surface area contributed by atoms with Crippen LogP contribution in [0.1, 0.15) is 5.56 Å². The molecule has 0 saturated heterocycles. The smallest absolute Gasteiger partial charge is 0.0574 e. The van der Waals surface area contributed by atoms with Gasteiger partial charge in [0.1, 0.15) is 0 Å². The Morgan fingerprint density at radius 3 is 2.77 bits per heavy atom. The predicted molar refractivity (Wildman–Crippen MR) is 59.5 cm³/mol. The van der Waals surface area contributed by atoms with Gasteiger partial charge in [-0.3, -0.25) is 0 Å². The lowest BCUT2D eigenvalue weighted by Gasteiger charge is -1.97. The molecule has 0 radical (unpaired) electrons. The van der Waals surface area contributed by atoms with Crippen LogP contribution in [0.4, 0.5) is 0 Å². The molecule has 0 unspecified atom stereocenters. The van der Waals surface area contributed by atoms with E-state index in [1.807, 2.05) is 25.2 Å². The first-order valence-electron chi connectivity index (χ1n) is 4.18. The quantitative estimate of drug-likeness (QED) is 0.779. The van der Waals surface area contributed by atoms with Crippen molar-refractivity contribution >= 4 is 15.9 Å². The van der Waals surface area contributed by atoms with Crippen LogP contribution in [0.15, 0.2) is 28.7 Å². The number of rotatable bonds is 2. The van der Waals surface area contributed by atoms with E-state index in [1.165, 1.54) is 5.56 Å². The second-order valence-electron chi connectivity index (χ2n) is 2.65. The molecular weight excluding hydrogens is 226 g/mol. The third-order valence-corrected chi connectivity index (χ3v) is 2.40. The molecule has 0 aromatic heterocycles. The third-order valence-electron chi connectivity index (χ3n) is 1.63. The van der Waals surface area contributed by atoms with Crippen molar-refractivity contribution in [3.8, 4) is 11.8 Å². The van der Waals surface area contributed by atoms with Crippen LogP contribution in [-0.2, 0) is 6.42 Å². The van der Waals surface area contributed by atoms with E-state index in [2.05, 4.69) is 39.2 Å². The highest BCUT2D eigenvalue weighted by Gasteiger charge is 1.93. The Labute approximate surface area is 87.7 Å². The van der Waals surface area contributed by atoms with Gasteiger partial charge in [0.15, 0.2) is 0 Å². The molecule has 2 heteroatoms. The van der Waals surface area contributed by atoms with Gasteiger partial charge in [0.25, 0.3) is 0 Å². The minimum absolute atomic E-state index is 0.754. The number of halogens is 1. The molecule has 0 spiro atoms. The number of nitrogens with one attached hydrogen (secondary N) is 1. The molecule has 1 N–H and O–H groups in total. The topological polar surface area (TPSA) is 12.0 Å². The first kappa shape index (κ1) is 10.3. The second kappa shape index (κ2) is 5.80. The third kappa shape index (κ3) is 3.63. The van der Waals surface area contributed by atoms with Gasteiger partial charge in [-0.1, -0.05) is 46.0 Å².